The van der Waals surface area contributed by atoms with Crippen LogP contribution >= 0.6 is 0 Å². The van der Waals surface area contributed by atoms with Crippen molar-refractivity contribution in [2.45, 2.75) is 12.0 Å². The van der Waals surface area contributed by atoms with Crippen LogP contribution in [-0.4, -0.2) is 25.9 Å². The van der Waals surface area contributed by atoms with E-state index >= 15 is 0 Å². The van der Waals surface area contributed by atoms with Crippen molar-refractivity contribution < 1.29 is 4.79 Å². The van der Waals surface area contributed by atoms with Crippen LogP contribution in [0.15, 0.2) is 122 Å². The fraction of sp³-hybridized carbons (Fsp3) is 0.100. The third kappa shape index (κ3) is 3.55. The zero-order valence-corrected chi connectivity index (χ0v) is 19.6. The molecule has 176 valence electrons. The SMILES string of the molecule is O=C(Nc1cn[nH]c1)c1nn(C(c2ccccc2)(c2ccccc2)C2C=CC=CC2)c2ccccc12. The molecular weight excluding hydrogens is 446 g/mol. The molecule has 6 rings (SSSR count). The summed E-state index contributed by atoms with van der Waals surface area (Å²) >= 11 is 0. The van der Waals surface area contributed by atoms with Gasteiger partial charge in [-0.25, -0.2) is 4.68 Å². The molecule has 1 amide bonds. The number of nitrogens with zero attached hydrogens (tertiary/aromatic N) is 3. The predicted octanol–water partition coefficient (Wildman–Crippen LogP) is 5.94. The molecule has 0 bridgehead atoms. The van der Waals surface area contributed by atoms with E-state index in [2.05, 4.69) is 93.0 Å². The quantitative estimate of drug-likeness (QED) is 0.322. The number of aromatic nitrogens is 4. The van der Waals surface area contributed by atoms with Crippen molar-refractivity contribution in [3.05, 3.63) is 138 Å². The molecule has 3 aromatic carbocycles. The van der Waals surface area contributed by atoms with E-state index < -0.39 is 5.54 Å². The van der Waals surface area contributed by atoms with Crippen LogP contribution in [0, 0.1) is 5.92 Å². The maximum Gasteiger partial charge on any atom is 0.276 e. The van der Waals surface area contributed by atoms with Gasteiger partial charge in [0.1, 0.15) is 5.54 Å². The fourth-order valence-electron chi connectivity index (χ4n) is 5.28. The van der Waals surface area contributed by atoms with Gasteiger partial charge in [0.15, 0.2) is 5.69 Å². The number of H-pyrrole nitrogens is 1. The number of benzene rings is 3. The van der Waals surface area contributed by atoms with Gasteiger partial charge in [-0.05, 0) is 23.6 Å². The summed E-state index contributed by atoms with van der Waals surface area (Å²) in [6.07, 6.45) is 12.7. The molecule has 6 nitrogen and oxygen atoms in total. The van der Waals surface area contributed by atoms with E-state index in [-0.39, 0.29) is 11.8 Å². The van der Waals surface area contributed by atoms with Crippen molar-refractivity contribution in [3.8, 4) is 0 Å². The number of aromatic amines is 1. The largest absolute Gasteiger partial charge is 0.318 e. The van der Waals surface area contributed by atoms with Crippen molar-refractivity contribution >= 4 is 22.5 Å². The predicted molar refractivity (Wildman–Crippen MR) is 142 cm³/mol. The van der Waals surface area contributed by atoms with E-state index in [1.807, 2.05) is 36.4 Å². The Balaban J connectivity index is 1.66. The molecule has 0 spiro atoms. The summed E-state index contributed by atoms with van der Waals surface area (Å²) in [7, 11) is 0. The van der Waals surface area contributed by atoms with Crippen LogP contribution in [0.5, 0.6) is 0 Å². The number of allylic oxidation sites excluding steroid dienone is 4. The first-order chi connectivity index (χ1) is 17.8. The van der Waals surface area contributed by atoms with Crippen LogP contribution in [0.3, 0.4) is 0 Å². The summed E-state index contributed by atoms with van der Waals surface area (Å²) in [6.45, 7) is 0. The summed E-state index contributed by atoms with van der Waals surface area (Å²) in [6, 6.07) is 28.9. The van der Waals surface area contributed by atoms with Gasteiger partial charge in [0.2, 0.25) is 0 Å². The van der Waals surface area contributed by atoms with Crippen LogP contribution in [0.2, 0.25) is 0 Å². The van der Waals surface area contributed by atoms with E-state index in [9.17, 15) is 4.79 Å². The molecule has 2 aromatic heterocycles. The van der Waals surface area contributed by atoms with Gasteiger partial charge in [0.25, 0.3) is 5.91 Å². The fourth-order valence-corrected chi connectivity index (χ4v) is 5.28. The molecule has 1 unspecified atom stereocenters. The monoisotopic (exact) mass is 471 g/mol. The Morgan fingerprint density at radius 2 is 1.61 bits per heavy atom. The highest BCUT2D eigenvalue weighted by atomic mass is 16.2. The molecule has 2 heterocycles. The highest BCUT2D eigenvalue weighted by molar-refractivity contribution is 6.11. The first-order valence-corrected chi connectivity index (χ1v) is 12.0. The van der Waals surface area contributed by atoms with Crippen molar-refractivity contribution in [1.82, 2.24) is 20.0 Å². The highest BCUT2D eigenvalue weighted by Crippen LogP contribution is 2.45. The van der Waals surface area contributed by atoms with Crippen LogP contribution in [-0.2, 0) is 5.54 Å². The third-order valence-corrected chi connectivity index (χ3v) is 6.84. The molecule has 1 aliphatic rings. The van der Waals surface area contributed by atoms with Crippen LogP contribution in [0.4, 0.5) is 5.69 Å². The Hall–Kier alpha value is -4.71. The van der Waals surface area contributed by atoms with Crippen molar-refractivity contribution in [1.29, 1.82) is 0 Å². The zero-order valence-electron chi connectivity index (χ0n) is 19.6. The van der Waals surface area contributed by atoms with Gasteiger partial charge in [-0.3, -0.25) is 9.89 Å². The Morgan fingerprint density at radius 1 is 0.917 bits per heavy atom. The highest BCUT2D eigenvalue weighted by Gasteiger charge is 2.45. The van der Waals surface area contributed by atoms with Gasteiger partial charge in [-0.2, -0.15) is 10.2 Å². The van der Waals surface area contributed by atoms with E-state index in [0.717, 1.165) is 28.5 Å². The van der Waals surface area contributed by atoms with Crippen molar-refractivity contribution in [2.24, 2.45) is 5.92 Å². The molecule has 2 N–H and O–H groups in total. The van der Waals surface area contributed by atoms with E-state index in [4.69, 9.17) is 5.10 Å². The van der Waals surface area contributed by atoms with Gasteiger partial charge in [-0.15, -0.1) is 0 Å². The normalized spacial score (nSPS) is 15.3. The minimum absolute atomic E-state index is 0.0698. The maximum atomic E-state index is 13.5. The molecule has 0 saturated heterocycles. The number of carbonyl (C=O) groups is 1. The van der Waals surface area contributed by atoms with Crippen molar-refractivity contribution in [2.75, 3.05) is 5.32 Å². The minimum Gasteiger partial charge on any atom is -0.318 e. The van der Waals surface area contributed by atoms with Gasteiger partial charge in [-0.1, -0.05) is 103 Å². The number of para-hydroxylation sites is 1. The number of rotatable bonds is 6. The van der Waals surface area contributed by atoms with Gasteiger partial charge >= 0.3 is 0 Å². The Morgan fingerprint density at radius 3 is 2.25 bits per heavy atom. The molecule has 0 radical (unpaired) electrons. The minimum atomic E-state index is -0.683. The number of hydrogen-bond acceptors (Lipinski definition) is 3. The first kappa shape index (κ1) is 21.8. The molecular formula is C30H25N5O. The molecule has 1 atom stereocenters. The van der Waals surface area contributed by atoms with Crippen molar-refractivity contribution in [3.63, 3.8) is 0 Å². The third-order valence-electron chi connectivity index (χ3n) is 6.84. The number of nitrogens with one attached hydrogen (secondary N) is 2. The average molecular weight is 472 g/mol. The lowest BCUT2D eigenvalue weighted by Crippen LogP contribution is -2.44. The molecule has 1 aliphatic carbocycles. The second-order valence-electron chi connectivity index (χ2n) is 8.87. The number of carbonyl (C=O) groups excluding carboxylic acids is 1. The Labute approximate surface area is 209 Å². The number of anilines is 1. The van der Waals surface area contributed by atoms with Gasteiger partial charge in [0, 0.05) is 17.5 Å². The lowest BCUT2D eigenvalue weighted by molar-refractivity contribution is 0.102. The molecule has 5 aromatic rings. The summed E-state index contributed by atoms with van der Waals surface area (Å²) in [4.78, 5) is 13.5. The van der Waals surface area contributed by atoms with E-state index in [1.165, 1.54) is 0 Å². The molecule has 36 heavy (non-hydrogen) atoms. The maximum absolute atomic E-state index is 13.5. The van der Waals surface area contributed by atoms with Gasteiger partial charge in [0.05, 0.1) is 17.4 Å². The molecule has 0 saturated carbocycles. The summed E-state index contributed by atoms with van der Waals surface area (Å²) in [5, 5.41) is 15.5. The average Bonchev–Trinajstić information content (AvgIpc) is 3.60. The van der Waals surface area contributed by atoms with Gasteiger partial charge < -0.3 is 5.32 Å². The van der Waals surface area contributed by atoms with Crippen LogP contribution in [0.1, 0.15) is 28.0 Å². The zero-order chi connectivity index (χ0) is 24.4. The Bertz CT molecular complexity index is 1510. The Kier molecular flexibility index (Phi) is 5.54. The smallest absolute Gasteiger partial charge is 0.276 e. The number of amides is 1. The number of fused-ring (bicyclic) bond motifs is 1. The first-order valence-electron chi connectivity index (χ1n) is 12.0. The summed E-state index contributed by atoms with van der Waals surface area (Å²) in [5.74, 6) is -0.208. The van der Waals surface area contributed by atoms with E-state index in [1.54, 1.807) is 12.4 Å². The second kappa shape index (κ2) is 9.15. The van der Waals surface area contributed by atoms with E-state index in [0.29, 0.717) is 11.4 Å². The lowest BCUT2D eigenvalue weighted by Gasteiger charge is -2.42. The number of hydrogen-bond donors (Lipinski definition) is 2. The molecule has 0 aliphatic heterocycles. The second-order valence-corrected chi connectivity index (χ2v) is 8.87. The van der Waals surface area contributed by atoms with Crippen LogP contribution < -0.4 is 5.32 Å². The summed E-state index contributed by atoms with van der Waals surface area (Å²) < 4.78 is 2.06. The summed E-state index contributed by atoms with van der Waals surface area (Å²) in [5.41, 5.74) is 3.39. The molecule has 0 fully saturated rings. The standard InChI is InChI=1S/C30H25N5O/c36-29(33-25-20-31-32-21-25)28-26-18-10-11-19-27(26)35(34-28)30(22-12-4-1-5-13-22,23-14-6-2-7-15-23)24-16-8-3-9-17-24/h1-16,18-21,24H,17H2,(H,31,32)(H,33,36). The molecule has 6 heteroatoms. The topological polar surface area (TPSA) is 75.6 Å². The lowest BCUT2D eigenvalue weighted by atomic mass is 9.70. The van der Waals surface area contributed by atoms with Crippen LogP contribution in [0.25, 0.3) is 10.9 Å².